The van der Waals surface area contributed by atoms with Crippen molar-refractivity contribution in [1.82, 2.24) is 24.7 Å². The molecule has 0 spiro atoms. The summed E-state index contributed by atoms with van der Waals surface area (Å²) in [6, 6.07) is 9.84. The SMILES string of the molecule is O=C(NCc1ccc2ncccc2c1)c1cn2ccncc2n1. The molecule has 4 aromatic rings. The smallest absolute Gasteiger partial charge is 0.271 e. The average Bonchev–Trinajstić information content (AvgIpc) is 3.04. The zero-order chi connectivity index (χ0) is 15.6. The standard InChI is InChI=1S/C17H13N5O/c23-17(15-11-22-7-6-18-10-16(22)21-15)20-9-12-3-4-14-13(8-12)2-1-5-19-14/h1-8,10-11H,9H2,(H,20,23). The largest absolute Gasteiger partial charge is 0.347 e. The summed E-state index contributed by atoms with van der Waals surface area (Å²) in [5.74, 6) is -0.208. The highest BCUT2D eigenvalue weighted by molar-refractivity contribution is 5.92. The van der Waals surface area contributed by atoms with Crippen LogP contribution in [0.15, 0.2) is 61.3 Å². The minimum atomic E-state index is -0.208. The van der Waals surface area contributed by atoms with Crippen molar-refractivity contribution in [2.45, 2.75) is 6.54 Å². The first-order valence-electron chi connectivity index (χ1n) is 7.20. The van der Waals surface area contributed by atoms with Gasteiger partial charge in [0.1, 0.15) is 5.69 Å². The van der Waals surface area contributed by atoms with Crippen LogP contribution in [0.2, 0.25) is 0 Å². The molecule has 6 heteroatoms. The van der Waals surface area contributed by atoms with Crippen molar-refractivity contribution in [3.63, 3.8) is 0 Å². The molecule has 1 aromatic carbocycles. The van der Waals surface area contributed by atoms with Gasteiger partial charge in [0, 0.05) is 36.7 Å². The van der Waals surface area contributed by atoms with Gasteiger partial charge in [0.25, 0.3) is 5.91 Å². The summed E-state index contributed by atoms with van der Waals surface area (Å²) in [7, 11) is 0. The maximum atomic E-state index is 12.2. The first-order valence-corrected chi connectivity index (χ1v) is 7.20. The monoisotopic (exact) mass is 303 g/mol. The van der Waals surface area contributed by atoms with Crippen molar-refractivity contribution in [1.29, 1.82) is 0 Å². The van der Waals surface area contributed by atoms with Crippen molar-refractivity contribution < 1.29 is 4.79 Å². The lowest BCUT2D eigenvalue weighted by Gasteiger charge is -2.05. The van der Waals surface area contributed by atoms with E-state index in [9.17, 15) is 4.79 Å². The molecule has 0 radical (unpaired) electrons. The van der Waals surface area contributed by atoms with Gasteiger partial charge in [-0.05, 0) is 23.8 Å². The van der Waals surface area contributed by atoms with Crippen LogP contribution < -0.4 is 5.32 Å². The van der Waals surface area contributed by atoms with Gasteiger partial charge in [0.05, 0.1) is 11.7 Å². The molecule has 23 heavy (non-hydrogen) atoms. The number of amides is 1. The number of benzene rings is 1. The minimum absolute atomic E-state index is 0.208. The van der Waals surface area contributed by atoms with E-state index in [2.05, 4.69) is 20.3 Å². The normalized spacial score (nSPS) is 11.0. The van der Waals surface area contributed by atoms with Gasteiger partial charge in [-0.15, -0.1) is 0 Å². The topological polar surface area (TPSA) is 72.2 Å². The number of hydrogen-bond donors (Lipinski definition) is 1. The molecular weight excluding hydrogens is 290 g/mol. The summed E-state index contributed by atoms with van der Waals surface area (Å²) in [6.07, 6.45) is 8.49. The molecule has 3 heterocycles. The van der Waals surface area contributed by atoms with Crippen LogP contribution in [0.4, 0.5) is 0 Å². The number of pyridine rings is 1. The van der Waals surface area contributed by atoms with E-state index >= 15 is 0 Å². The molecule has 0 aliphatic heterocycles. The zero-order valence-corrected chi connectivity index (χ0v) is 12.2. The second kappa shape index (κ2) is 5.49. The molecule has 0 aliphatic carbocycles. The molecule has 0 aliphatic rings. The molecule has 1 amide bonds. The molecule has 0 atom stereocenters. The Morgan fingerprint density at radius 3 is 3.09 bits per heavy atom. The third-order valence-electron chi connectivity index (χ3n) is 3.62. The molecule has 6 nitrogen and oxygen atoms in total. The van der Waals surface area contributed by atoms with Gasteiger partial charge in [0.15, 0.2) is 5.65 Å². The van der Waals surface area contributed by atoms with Crippen LogP contribution in [-0.2, 0) is 6.54 Å². The molecule has 0 unspecified atom stereocenters. The zero-order valence-electron chi connectivity index (χ0n) is 12.2. The molecule has 4 rings (SSSR count). The number of imidazole rings is 1. The second-order valence-corrected chi connectivity index (χ2v) is 5.18. The Hall–Kier alpha value is -3.28. The van der Waals surface area contributed by atoms with E-state index in [0.717, 1.165) is 16.5 Å². The summed E-state index contributed by atoms with van der Waals surface area (Å²) in [6.45, 7) is 0.440. The molecule has 0 fully saturated rings. The Kier molecular flexibility index (Phi) is 3.20. The quantitative estimate of drug-likeness (QED) is 0.630. The molecule has 112 valence electrons. The number of carbonyl (C=O) groups is 1. The Morgan fingerprint density at radius 1 is 1.22 bits per heavy atom. The van der Waals surface area contributed by atoms with Gasteiger partial charge < -0.3 is 9.72 Å². The maximum absolute atomic E-state index is 12.2. The number of carbonyl (C=O) groups excluding carboxylic acids is 1. The first-order chi connectivity index (χ1) is 11.3. The van der Waals surface area contributed by atoms with Gasteiger partial charge in [-0.3, -0.25) is 14.8 Å². The highest BCUT2D eigenvalue weighted by Gasteiger charge is 2.10. The third kappa shape index (κ3) is 2.62. The third-order valence-corrected chi connectivity index (χ3v) is 3.62. The van der Waals surface area contributed by atoms with Crippen LogP contribution in [0.1, 0.15) is 16.1 Å². The fourth-order valence-electron chi connectivity index (χ4n) is 2.46. The molecule has 0 bridgehead atoms. The number of nitrogens with zero attached hydrogens (tertiary/aromatic N) is 4. The predicted molar refractivity (Wildman–Crippen MR) is 85.9 cm³/mol. The molecule has 3 aromatic heterocycles. The number of rotatable bonds is 3. The van der Waals surface area contributed by atoms with E-state index in [4.69, 9.17) is 0 Å². The summed E-state index contributed by atoms with van der Waals surface area (Å²) < 4.78 is 1.77. The molecular formula is C17H13N5O. The number of aromatic nitrogens is 4. The average molecular weight is 303 g/mol. The van der Waals surface area contributed by atoms with Gasteiger partial charge in [0.2, 0.25) is 0 Å². The van der Waals surface area contributed by atoms with E-state index < -0.39 is 0 Å². The van der Waals surface area contributed by atoms with Crippen molar-refractivity contribution in [3.8, 4) is 0 Å². The van der Waals surface area contributed by atoms with Crippen molar-refractivity contribution in [3.05, 3.63) is 72.6 Å². The van der Waals surface area contributed by atoms with E-state index in [1.807, 2.05) is 30.3 Å². The molecule has 1 N–H and O–H groups in total. The highest BCUT2D eigenvalue weighted by atomic mass is 16.1. The highest BCUT2D eigenvalue weighted by Crippen LogP contribution is 2.13. The van der Waals surface area contributed by atoms with Gasteiger partial charge >= 0.3 is 0 Å². The van der Waals surface area contributed by atoms with E-state index in [1.54, 1.807) is 35.4 Å². The second-order valence-electron chi connectivity index (χ2n) is 5.18. The van der Waals surface area contributed by atoms with Gasteiger partial charge in [-0.2, -0.15) is 0 Å². The van der Waals surface area contributed by atoms with E-state index in [0.29, 0.717) is 17.9 Å². The molecule has 0 saturated heterocycles. The fraction of sp³-hybridized carbons (Fsp3) is 0.0588. The number of hydrogen-bond acceptors (Lipinski definition) is 4. The Balaban J connectivity index is 1.51. The summed E-state index contributed by atoms with van der Waals surface area (Å²) in [5.41, 5.74) is 2.98. The fourth-order valence-corrected chi connectivity index (χ4v) is 2.46. The van der Waals surface area contributed by atoms with Crippen molar-refractivity contribution in [2.24, 2.45) is 0 Å². The number of nitrogens with one attached hydrogen (secondary N) is 1. The van der Waals surface area contributed by atoms with Crippen LogP contribution in [0, 0.1) is 0 Å². The van der Waals surface area contributed by atoms with Gasteiger partial charge in [-0.25, -0.2) is 4.98 Å². The minimum Gasteiger partial charge on any atom is -0.347 e. The van der Waals surface area contributed by atoms with Crippen LogP contribution in [0.25, 0.3) is 16.6 Å². The summed E-state index contributed by atoms with van der Waals surface area (Å²) in [4.78, 5) is 24.8. The maximum Gasteiger partial charge on any atom is 0.271 e. The first kappa shape index (κ1) is 13.4. The predicted octanol–water partition coefficient (Wildman–Crippen LogP) is 2.21. The lowest BCUT2D eigenvalue weighted by Crippen LogP contribution is -2.23. The van der Waals surface area contributed by atoms with Crippen molar-refractivity contribution in [2.75, 3.05) is 0 Å². The Labute approximate surface area is 131 Å². The van der Waals surface area contributed by atoms with E-state index in [-0.39, 0.29) is 5.91 Å². The lowest BCUT2D eigenvalue weighted by atomic mass is 10.1. The molecule has 0 saturated carbocycles. The van der Waals surface area contributed by atoms with Crippen LogP contribution in [-0.4, -0.2) is 25.3 Å². The lowest BCUT2D eigenvalue weighted by molar-refractivity contribution is 0.0946. The van der Waals surface area contributed by atoms with Crippen LogP contribution in [0.3, 0.4) is 0 Å². The van der Waals surface area contributed by atoms with E-state index in [1.165, 1.54) is 0 Å². The summed E-state index contributed by atoms with van der Waals surface area (Å²) >= 11 is 0. The van der Waals surface area contributed by atoms with Gasteiger partial charge in [-0.1, -0.05) is 12.1 Å². The number of fused-ring (bicyclic) bond motifs is 2. The van der Waals surface area contributed by atoms with Crippen molar-refractivity contribution >= 4 is 22.5 Å². The van der Waals surface area contributed by atoms with Crippen LogP contribution >= 0.6 is 0 Å². The van der Waals surface area contributed by atoms with Crippen LogP contribution in [0.5, 0.6) is 0 Å². The Morgan fingerprint density at radius 2 is 2.17 bits per heavy atom. The summed E-state index contributed by atoms with van der Waals surface area (Å²) in [5, 5.41) is 3.94. The Bertz CT molecular complexity index is 975.